The zero-order valence-corrected chi connectivity index (χ0v) is 18.7. The van der Waals surface area contributed by atoms with Crippen molar-refractivity contribution in [3.63, 3.8) is 0 Å². The zero-order chi connectivity index (χ0) is 25.4. The summed E-state index contributed by atoms with van der Waals surface area (Å²) in [6.07, 6.45) is -9.24. The fourth-order valence-electron chi connectivity index (χ4n) is 3.83. The Kier molecular flexibility index (Phi) is 6.28. The largest absolute Gasteiger partial charge is 0.507 e. The van der Waals surface area contributed by atoms with Crippen molar-refractivity contribution in [2.75, 3.05) is 0 Å². The van der Waals surface area contributed by atoms with Gasteiger partial charge in [-0.3, -0.25) is 0 Å². The Hall–Kier alpha value is -3.51. The number of aromatic hydroxyl groups is 1. The predicted octanol–water partition coefficient (Wildman–Crippen LogP) is 6.74. The van der Waals surface area contributed by atoms with Gasteiger partial charge in [-0.2, -0.15) is 26.3 Å². The molecule has 0 atom stereocenters. The highest BCUT2D eigenvalue weighted by Gasteiger charge is 2.36. The van der Waals surface area contributed by atoms with E-state index in [4.69, 9.17) is 0 Å². The lowest BCUT2D eigenvalue weighted by molar-refractivity contribution is -0.138. The molecule has 4 aromatic rings. The zero-order valence-electron chi connectivity index (χ0n) is 17.8. The van der Waals surface area contributed by atoms with E-state index in [2.05, 4.69) is 0 Å². The van der Waals surface area contributed by atoms with Crippen LogP contribution < -0.4 is 15.9 Å². The third kappa shape index (κ3) is 4.71. The van der Waals surface area contributed by atoms with Gasteiger partial charge in [-0.05, 0) is 35.9 Å². The van der Waals surface area contributed by atoms with Crippen molar-refractivity contribution >= 4 is 23.1 Å². The Morgan fingerprint density at radius 2 is 0.943 bits per heavy atom. The minimum absolute atomic E-state index is 0.00753. The number of rotatable bonds is 4. The summed E-state index contributed by atoms with van der Waals surface area (Å²) in [5, 5.41) is 10.6. The Morgan fingerprint density at radius 1 is 0.543 bits per heavy atom. The van der Waals surface area contributed by atoms with Gasteiger partial charge in [0.15, 0.2) is 7.14 Å². The molecule has 0 heterocycles. The molecule has 0 aliphatic carbocycles. The van der Waals surface area contributed by atoms with Crippen LogP contribution in [0.4, 0.5) is 26.3 Å². The molecule has 0 saturated heterocycles. The van der Waals surface area contributed by atoms with Gasteiger partial charge in [0.25, 0.3) is 0 Å². The minimum Gasteiger partial charge on any atom is -0.507 e. The van der Waals surface area contributed by atoms with Crippen molar-refractivity contribution in [1.82, 2.24) is 0 Å². The second-order valence-corrected chi connectivity index (χ2v) is 10.5. The highest BCUT2D eigenvalue weighted by molar-refractivity contribution is 7.85. The number of hydrogen-bond donors (Lipinski definition) is 1. The molecule has 9 heteroatoms. The van der Waals surface area contributed by atoms with E-state index in [0.717, 1.165) is 48.5 Å². The lowest BCUT2D eigenvalue weighted by Gasteiger charge is -2.24. The summed E-state index contributed by atoms with van der Waals surface area (Å²) in [5.41, 5.74) is -1.24. The van der Waals surface area contributed by atoms with Crippen LogP contribution in [0, 0.1) is 0 Å². The lowest BCUT2D eigenvalue weighted by atomic mass is 10.0. The minimum atomic E-state index is -4.62. The van der Waals surface area contributed by atoms with E-state index in [9.17, 15) is 36.0 Å². The van der Waals surface area contributed by atoms with Gasteiger partial charge in [-0.25, -0.2) is 0 Å². The number of phenols is 1. The Morgan fingerprint density at radius 3 is 1.37 bits per heavy atom. The molecular weight excluding hydrogens is 489 g/mol. The average molecular weight is 506 g/mol. The molecule has 0 aromatic heterocycles. The molecule has 4 aromatic carbocycles. The van der Waals surface area contributed by atoms with Crippen LogP contribution in [0.15, 0.2) is 97.1 Å². The van der Waals surface area contributed by atoms with Crippen LogP contribution in [0.2, 0.25) is 0 Å². The monoisotopic (exact) mass is 506 g/mol. The van der Waals surface area contributed by atoms with Crippen LogP contribution in [-0.2, 0) is 16.9 Å². The molecule has 1 N–H and O–H groups in total. The third-order valence-corrected chi connectivity index (χ3v) is 8.67. The SMILES string of the molecule is O=P(c1ccc(C(F)(F)F)cc1)(c1ccc(C(F)(F)F)cc1)c1ccccc1-c1ccccc1O. The molecule has 0 fully saturated rings. The van der Waals surface area contributed by atoms with Crippen LogP contribution in [0.25, 0.3) is 11.1 Å². The van der Waals surface area contributed by atoms with Crippen molar-refractivity contribution < 1.29 is 36.0 Å². The van der Waals surface area contributed by atoms with Gasteiger partial charge in [-0.1, -0.05) is 66.7 Å². The van der Waals surface area contributed by atoms with Crippen LogP contribution >= 0.6 is 7.14 Å². The first-order valence-corrected chi connectivity index (χ1v) is 12.0. The van der Waals surface area contributed by atoms with Crippen LogP contribution in [0.1, 0.15) is 11.1 Å². The van der Waals surface area contributed by atoms with Crippen LogP contribution in [-0.4, -0.2) is 5.11 Å². The standard InChI is InChI=1S/C26H17F6O2P/c27-25(28,29)17-9-13-19(14-10-17)35(34,20-15-11-18(12-16-20)26(30,31)32)24-8-4-2-6-22(24)21-5-1-3-7-23(21)33/h1-16,33H. The summed E-state index contributed by atoms with van der Waals surface area (Å²) in [5.74, 6) is -0.119. The summed E-state index contributed by atoms with van der Waals surface area (Å²) >= 11 is 0. The van der Waals surface area contributed by atoms with Crippen molar-refractivity contribution in [2.24, 2.45) is 0 Å². The highest BCUT2D eigenvalue weighted by Crippen LogP contribution is 2.47. The van der Waals surface area contributed by atoms with E-state index in [0.29, 0.717) is 11.1 Å². The van der Waals surface area contributed by atoms with Crippen molar-refractivity contribution in [3.05, 3.63) is 108 Å². The van der Waals surface area contributed by atoms with E-state index >= 15 is 0 Å². The molecule has 0 spiro atoms. The topological polar surface area (TPSA) is 37.3 Å². The average Bonchev–Trinajstić information content (AvgIpc) is 2.83. The maximum absolute atomic E-state index is 14.8. The molecule has 0 aliphatic heterocycles. The first-order valence-electron chi connectivity index (χ1n) is 10.3. The predicted molar refractivity (Wildman–Crippen MR) is 123 cm³/mol. The third-order valence-electron chi connectivity index (χ3n) is 5.55. The van der Waals surface area contributed by atoms with Crippen molar-refractivity contribution in [2.45, 2.75) is 12.4 Å². The number of alkyl halides is 6. The summed E-state index contributed by atoms with van der Waals surface area (Å²) < 4.78 is 93.7. The fourth-order valence-corrected chi connectivity index (χ4v) is 6.65. The maximum Gasteiger partial charge on any atom is 0.416 e. The maximum atomic E-state index is 14.8. The van der Waals surface area contributed by atoms with Crippen LogP contribution in [0.5, 0.6) is 5.75 Å². The summed E-state index contributed by atoms with van der Waals surface area (Å²) in [6.45, 7) is 0. The van der Waals surface area contributed by atoms with Gasteiger partial charge in [0.05, 0.1) is 11.1 Å². The number of halogens is 6. The fraction of sp³-hybridized carbons (Fsp3) is 0.0769. The first-order chi connectivity index (χ1) is 16.4. The molecule has 0 amide bonds. The number of hydrogen-bond acceptors (Lipinski definition) is 2. The Labute approximate surface area is 196 Å². The van der Waals surface area contributed by atoms with E-state index in [-0.39, 0.29) is 21.7 Å². The van der Waals surface area contributed by atoms with Gasteiger partial charge < -0.3 is 9.67 Å². The molecule has 2 nitrogen and oxygen atoms in total. The molecule has 0 radical (unpaired) electrons. The molecular formula is C26H17F6O2P. The molecule has 0 saturated carbocycles. The molecule has 4 rings (SSSR count). The van der Waals surface area contributed by atoms with Gasteiger partial charge in [0.2, 0.25) is 0 Å². The molecule has 0 aliphatic rings. The van der Waals surface area contributed by atoms with Gasteiger partial charge in [-0.15, -0.1) is 0 Å². The second kappa shape index (κ2) is 8.93. The first kappa shape index (κ1) is 24.6. The van der Waals surface area contributed by atoms with Crippen LogP contribution in [0.3, 0.4) is 0 Å². The van der Waals surface area contributed by atoms with E-state index in [1.54, 1.807) is 36.4 Å². The molecule has 0 unspecified atom stereocenters. The van der Waals surface area contributed by atoms with Crippen molar-refractivity contribution in [3.8, 4) is 16.9 Å². The van der Waals surface area contributed by atoms with Crippen molar-refractivity contribution in [1.29, 1.82) is 0 Å². The number of benzene rings is 4. The Bertz CT molecular complexity index is 1330. The quantitative estimate of drug-likeness (QED) is 0.246. The number of para-hydroxylation sites is 1. The van der Waals surface area contributed by atoms with Gasteiger partial charge in [0, 0.05) is 21.5 Å². The van der Waals surface area contributed by atoms with Gasteiger partial charge >= 0.3 is 12.4 Å². The van der Waals surface area contributed by atoms with E-state index in [1.807, 2.05) is 0 Å². The van der Waals surface area contributed by atoms with E-state index < -0.39 is 30.6 Å². The smallest absolute Gasteiger partial charge is 0.416 e. The Balaban J connectivity index is 1.99. The number of phenolic OH excluding ortho intramolecular Hbond substituents is 1. The summed E-state index contributed by atoms with van der Waals surface area (Å²) in [6, 6.07) is 20.0. The summed E-state index contributed by atoms with van der Waals surface area (Å²) in [4.78, 5) is 0. The van der Waals surface area contributed by atoms with E-state index in [1.165, 1.54) is 12.1 Å². The highest BCUT2D eigenvalue weighted by atomic mass is 31.2. The molecule has 180 valence electrons. The molecule has 35 heavy (non-hydrogen) atoms. The lowest BCUT2D eigenvalue weighted by Crippen LogP contribution is -2.27. The summed E-state index contributed by atoms with van der Waals surface area (Å²) in [7, 11) is -3.99. The molecule has 0 bridgehead atoms. The normalized spacial score (nSPS) is 12.5. The second-order valence-electron chi connectivity index (χ2n) is 7.73. The van der Waals surface area contributed by atoms with Gasteiger partial charge in [0.1, 0.15) is 5.75 Å².